The fraction of sp³-hybridized carbons (Fsp3) is 0.889. The number of hydrogen-bond donors (Lipinski definition) is 0. The van der Waals surface area contributed by atoms with Gasteiger partial charge in [0.15, 0.2) is 0 Å². The second-order valence-electron chi connectivity index (χ2n) is 2.81. The first-order valence-corrected chi connectivity index (χ1v) is 6.53. The molecule has 0 amide bonds. The molecule has 0 rings (SSSR count). The van der Waals surface area contributed by atoms with Gasteiger partial charge in [-0.2, -0.15) is 0 Å². The maximum Gasteiger partial charge on any atom is 0.115 e. The molecule has 0 radical (unpaired) electrons. The van der Waals surface area contributed by atoms with Gasteiger partial charge in [0, 0.05) is 14.1 Å². The van der Waals surface area contributed by atoms with Crippen molar-refractivity contribution in [2.75, 3.05) is 19.0 Å². The molecule has 0 heterocycles. The molecule has 0 aromatic heterocycles. The molecule has 0 aliphatic heterocycles. The molecule has 4 heteroatoms. The average molecular weight is 297 g/mol. The standard InChI is InChI=1S/C8H17N3.CH3I/c1-5-6-8(2)9-7-10-11(3)4;1-2/h8H,5-6H2,1-4H3;1H3. The van der Waals surface area contributed by atoms with Gasteiger partial charge >= 0.3 is 0 Å². The quantitative estimate of drug-likeness (QED) is 0.339. The zero-order valence-electron chi connectivity index (χ0n) is 9.21. The molecule has 0 aromatic rings. The lowest BCUT2D eigenvalue weighted by molar-refractivity contribution is 0.440. The van der Waals surface area contributed by atoms with E-state index in [0.717, 1.165) is 12.8 Å². The molecule has 13 heavy (non-hydrogen) atoms. The van der Waals surface area contributed by atoms with Crippen LogP contribution in [0.1, 0.15) is 26.7 Å². The lowest BCUT2D eigenvalue weighted by atomic mass is 10.2. The van der Waals surface area contributed by atoms with E-state index in [1.165, 1.54) is 0 Å². The van der Waals surface area contributed by atoms with E-state index in [2.05, 4.69) is 52.5 Å². The van der Waals surface area contributed by atoms with E-state index in [1.54, 1.807) is 5.01 Å². The highest BCUT2D eigenvalue weighted by atomic mass is 127. The Morgan fingerprint density at radius 1 is 1.38 bits per heavy atom. The van der Waals surface area contributed by atoms with Gasteiger partial charge in [-0.1, -0.05) is 35.9 Å². The monoisotopic (exact) mass is 297 g/mol. The van der Waals surface area contributed by atoms with E-state index in [4.69, 9.17) is 0 Å². The third-order valence-electron chi connectivity index (χ3n) is 1.23. The molecule has 1 unspecified atom stereocenters. The lowest BCUT2D eigenvalue weighted by Gasteiger charge is -2.00. The number of nitrogens with zero attached hydrogens (tertiary/aromatic N) is 3. The molecular formula is C9H20IN3. The molecule has 0 fully saturated rings. The Labute approximate surface area is 95.4 Å². The summed E-state index contributed by atoms with van der Waals surface area (Å²) in [6.07, 6.45) is 2.27. The van der Waals surface area contributed by atoms with Gasteiger partial charge in [0.2, 0.25) is 0 Å². The highest BCUT2D eigenvalue weighted by Gasteiger charge is 1.92. The van der Waals surface area contributed by atoms with E-state index in [-0.39, 0.29) is 0 Å². The van der Waals surface area contributed by atoms with Crippen LogP contribution in [0.5, 0.6) is 0 Å². The summed E-state index contributed by atoms with van der Waals surface area (Å²) < 4.78 is 0. The van der Waals surface area contributed by atoms with Crippen LogP contribution in [0, 0.1) is 0 Å². The first-order valence-electron chi connectivity index (χ1n) is 4.37. The van der Waals surface area contributed by atoms with Gasteiger partial charge in [0.25, 0.3) is 0 Å². The molecule has 0 saturated heterocycles. The largest absolute Gasteiger partial charge is 0.294 e. The van der Waals surface area contributed by atoms with Gasteiger partial charge in [0.05, 0.1) is 6.04 Å². The van der Waals surface area contributed by atoms with Crippen molar-refractivity contribution in [3.8, 4) is 0 Å². The molecule has 3 nitrogen and oxygen atoms in total. The fourth-order valence-electron chi connectivity index (χ4n) is 0.696. The molecule has 0 aromatic carbocycles. The summed E-state index contributed by atoms with van der Waals surface area (Å²) in [5.74, 6) is 0. The maximum absolute atomic E-state index is 4.10. The number of alkyl halides is 1. The second kappa shape index (κ2) is 11.9. The average Bonchev–Trinajstić information content (AvgIpc) is 2.08. The third-order valence-corrected chi connectivity index (χ3v) is 1.23. The number of halogens is 1. The van der Waals surface area contributed by atoms with Crippen LogP contribution in [0.3, 0.4) is 0 Å². The molecule has 1 atom stereocenters. The Balaban J connectivity index is 0. The van der Waals surface area contributed by atoms with Gasteiger partial charge in [-0.3, -0.25) is 5.01 Å². The molecule has 0 spiro atoms. The smallest absolute Gasteiger partial charge is 0.115 e. The van der Waals surface area contributed by atoms with Gasteiger partial charge in [-0.05, 0) is 18.3 Å². The van der Waals surface area contributed by atoms with Crippen molar-refractivity contribution in [1.29, 1.82) is 0 Å². The van der Waals surface area contributed by atoms with E-state index in [9.17, 15) is 0 Å². The highest BCUT2D eigenvalue weighted by molar-refractivity contribution is 14.1. The van der Waals surface area contributed by atoms with Crippen LogP contribution in [0.4, 0.5) is 0 Å². The van der Waals surface area contributed by atoms with Gasteiger partial charge in [-0.25, -0.2) is 4.99 Å². The van der Waals surface area contributed by atoms with Crippen molar-refractivity contribution in [1.82, 2.24) is 5.01 Å². The summed E-state index contributed by atoms with van der Waals surface area (Å²) in [6.45, 7) is 4.22. The van der Waals surface area contributed by atoms with Crippen molar-refractivity contribution in [3.05, 3.63) is 0 Å². The summed E-state index contributed by atoms with van der Waals surface area (Å²) in [4.78, 5) is 6.07. The first-order chi connectivity index (χ1) is 6.16. The van der Waals surface area contributed by atoms with E-state index < -0.39 is 0 Å². The number of rotatable bonds is 4. The van der Waals surface area contributed by atoms with Gasteiger partial charge in [0.1, 0.15) is 6.01 Å². The minimum atomic E-state index is 0.351. The van der Waals surface area contributed by atoms with Crippen LogP contribution in [-0.4, -0.2) is 36.1 Å². The minimum Gasteiger partial charge on any atom is -0.294 e. The van der Waals surface area contributed by atoms with E-state index in [1.807, 2.05) is 19.0 Å². The predicted molar refractivity (Wildman–Crippen MR) is 67.9 cm³/mol. The zero-order valence-corrected chi connectivity index (χ0v) is 11.4. The van der Waals surface area contributed by atoms with Crippen molar-refractivity contribution in [3.63, 3.8) is 0 Å². The number of aliphatic imine (C=N–C) groups is 1. The second-order valence-corrected chi connectivity index (χ2v) is 2.81. The molecule has 0 aliphatic rings. The van der Waals surface area contributed by atoms with Crippen molar-refractivity contribution >= 4 is 28.6 Å². The molecule has 78 valence electrons. The van der Waals surface area contributed by atoms with Crippen LogP contribution in [-0.2, 0) is 0 Å². The molecule has 0 bridgehead atoms. The number of hydrazone groups is 1. The van der Waals surface area contributed by atoms with Crippen LogP contribution >= 0.6 is 22.6 Å². The normalized spacial score (nSPS) is 10.3. The SMILES string of the molecule is CCCC(C)N=C=NN(C)C.CI. The van der Waals surface area contributed by atoms with Gasteiger partial charge < -0.3 is 0 Å². The lowest BCUT2D eigenvalue weighted by Crippen LogP contribution is -2.01. The van der Waals surface area contributed by atoms with Crippen molar-refractivity contribution in [2.24, 2.45) is 10.1 Å². The summed E-state index contributed by atoms with van der Waals surface area (Å²) in [6, 6.07) is 3.00. The van der Waals surface area contributed by atoms with Crippen LogP contribution in [0.25, 0.3) is 0 Å². The molecule has 0 N–H and O–H groups in total. The van der Waals surface area contributed by atoms with Crippen LogP contribution < -0.4 is 0 Å². The Morgan fingerprint density at radius 3 is 2.31 bits per heavy atom. The van der Waals surface area contributed by atoms with Crippen LogP contribution in [0.15, 0.2) is 10.1 Å². The summed E-state index contributed by atoms with van der Waals surface area (Å²) in [5.41, 5.74) is 0. The van der Waals surface area contributed by atoms with E-state index in [0.29, 0.717) is 6.04 Å². The third kappa shape index (κ3) is 14.7. The molecular weight excluding hydrogens is 277 g/mol. The maximum atomic E-state index is 4.10. The van der Waals surface area contributed by atoms with Gasteiger partial charge in [-0.15, -0.1) is 5.10 Å². The Kier molecular flexibility index (Phi) is 14.1. The first kappa shape index (κ1) is 15.4. The zero-order chi connectivity index (χ0) is 10.7. The molecule has 0 saturated carbocycles. The highest BCUT2D eigenvalue weighted by Crippen LogP contribution is 1.97. The fourth-order valence-corrected chi connectivity index (χ4v) is 0.696. The summed E-state index contributed by atoms with van der Waals surface area (Å²) in [5, 5.41) is 5.55. The van der Waals surface area contributed by atoms with Crippen molar-refractivity contribution in [2.45, 2.75) is 32.7 Å². The summed E-state index contributed by atoms with van der Waals surface area (Å²) in [7, 11) is 3.71. The van der Waals surface area contributed by atoms with Crippen molar-refractivity contribution < 1.29 is 0 Å². The topological polar surface area (TPSA) is 28.0 Å². The Bertz CT molecular complexity index is 151. The summed E-state index contributed by atoms with van der Waals surface area (Å²) >= 11 is 2.15. The molecule has 0 aliphatic carbocycles. The predicted octanol–water partition coefficient (Wildman–Crippen LogP) is 2.88. The number of hydrogen-bond acceptors (Lipinski definition) is 3. The Morgan fingerprint density at radius 2 is 1.92 bits per heavy atom. The minimum absolute atomic E-state index is 0.351. The van der Waals surface area contributed by atoms with Crippen LogP contribution in [0.2, 0.25) is 0 Å². The van der Waals surface area contributed by atoms with E-state index >= 15 is 0 Å². The Hall–Kier alpha value is -0.0900.